The average molecular weight is 540 g/mol. The van der Waals surface area contributed by atoms with E-state index in [-0.39, 0.29) is 17.9 Å². The van der Waals surface area contributed by atoms with Crippen molar-refractivity contribution in [3.8, 4) is 45.7 Å². The Morgan fingerprint density at radius 2 is 1.32 bits per heavy atom. The van der Waals surface area contributed by atoms with E-state index in [4.69, 9.17) is 24.4 Å². The molecule has 0 saturated heterocycles. The number of aryl methyl sites for hydroxylation is 4. The summed E-state index contributed by atoms with van der Waals surface area (Å²) in [6.45, 7) is 12.6. The van der Waals surface area contributed by atoms with Crippen molar-refractivity contribution in [1.82, 2.24) is 15.0 Å². The fourth-order valence-corrected chi connectivity index (χ4v) is 4.22. The van der Waals surface area contributed by atoms with Crippen LogP contribution in [0.5, 0.6) is 11.5 Å². The molecule has 0 fully saturated rings. The molecule has 206 valence electrons. The molecule has 1 aromatic heterocycles. The number of aliphatic hydroxyl groups is 1. The third-order valence-corrected chi connectivity index (χ3v) is 6.35. The lowest BCUT2D eigenvalue weighted by molar-refractivity contribution is -0.147. The molecule has 4 aromatic rings. The van der Waals surface area contributed by atoms with Crippen molar-refractivity contribution in [2.45, 2.75) is 40.7 Å². The maximum Gasteiger partial charge on any atom is 0.333 e. The highest BCUT2D eigenvalue weighted by Gasteiger charge is 2.19. The molecule has 2 N–H and O–H groups in total. The van der Waals surface area contributed by atoms with E-state index >= 15 is 0 Å². The summed E-state index contributed by atoms with van der Waals surface area (Å²) in [5.41, 5.74) is 6.70. The molecule has 1 heterocycles. The molecule has 0 amide bonds. The number of carbonyl (C=O) groups is 1. The fraction of sp³-hybridized carbons (Fsp3) is 0.250. The summed E-state index contributed by atoms with van der Waals surface area (Å²) in [6, 6.07) is 16.9. The Morgan fingerprint density at radius 1 is 0.825 bits per heavy atom. The molecule has 0 spiro atoms. The zero-order valence-corrected chi connectivity index (χ0v) is 23.4. The molecular weight excluding hydrogens is 506 g/mol. The highest BCUT2D eigenvalue weighted by atomic mass is 16.6. The van der Waals surface area contributed by atoms with E-state index in [1.165, 1.54) is 13.0 Å². The van der Waals surface area contributed by atoms with Crippen molar-refractivity contribution in [2.24, 2.45) is 0 Å². The Morgan fingerprint density at radius 3 is 1.77 bits per heavy atom. The van der Waals surface area contributed by atoms with Crippen LogP contribution in [0.1, 0.15) is 29.2 Å². The van der Waals surface area contributed by atoms with Gasteiger partial charge in [-0.25, -0.2) is 19.7 Å². The minimum atomic E-state index is -0.879. The summed E-state index contributed by atoms with van der Waals surface area (Å²) in [5.74, 6) is 0.929. The number of benzene rings is 3. The first-order chi connectivity index (χ1) is 19.0. The zero-order chi connectivity index (χ0) is 29.0. The third kappa shape index (κ3) is 6.52. The lowest BCUT2D eigenvalue weighted by Crippen LogP contribution is -2.28. The molecule has 0 radical (unpaired) electrons. The van der Waals surface area contributed by atoms with Crippen molar-refractivity contribution in [3.63, 3.8) is 0 Å². The first-order valence-electron chi connectivity index (χ1n) is 12.9. The average Bonchev–Trinajstić information content (AvgIpc) is 2.90. The fourth-order valence-electron chi connectivity index (χ4n) is 4.22. The number of esters is 1. The van der Waals surface area contributed by atoms with Crippen LogP contribution in [0.15, 0.2) is 66.7 Å². The topological polar surface area (TPSA) is 115 Å². The zero-order valence-electron chi connectivity index (χ0n) is 23.4. The second-order valence-electron chi connectivity index (χ2n) is 9.92. The Balaban J connectivity index is 1.71. The number of hydrogen-bond donors (Lipinski definition) is 2. The number of carbonyl (C=O) groups excluding carboxylic acids is 1. The first-order valence-corrected chi connectivity index (χ1v) is 12.9. The van der Waals surface area contributed by atoms with Crippen LogP contribution in [-0.2, 0) is 9.53 Å². The molecule has 0 aliphatic carbocycles. The molecule has 0 aliphatic heterocycles. The number of phenolic OH excluding ortho intramolecular Hbond substituents is 1. The molecule has 1 unspecified atom stereocenters. The van der Waals surface area contributed by atoms with E-state index in [1.54, 1.807) is 12.1 Å². The summed E-state index contributed by atoms with van der Waals surface area (Å²) in [4.78, 5) is 26.1. The molecule has 0 saturated carbocycles. The van der Waals surface area contributed by atoms with Crippen molar-refractivity contribution in [3.05, 3.63) is 89.0 Å². The largest absolute Gasteiger partial charge is 0.507 e. The standard InChI is InChI=1S/C32H33N3O5/c1-18(2)32(38)40-24(16-36)17-39-23-9-12-27(28(37)15-23)31-34-29(25-10-7-19(3)13-21(25)5)33-30(35-31)26-11-8-20(4)14-22(26)6/h7-15,24,36-37H,1,16-17H2,2-6H3. The van der Waals surface area contributed by atoms with Crippen LogP contribution in [0.25, 0.3) is 34.2 Å². The van der Waals surface area contributed by atoms with E-state index in [2.05, 4.69) is 18.7 Å². The minimum absolute atomic E-state index is 0.0960. The van der Waals surface area contributed by atoms with Crippen LogP contribution in [-0.4, -0.2) is 50.5 Å². The lowest BCUT2D eigenvalue weighted by atomic mass is 10.0. The highest BCUT2D eigenvalue weighted by molar-refractivity contribution is 5.87. The number of hydrogen-bond acceptors (Lipinski definition) is 8. The van der Waals surface area contributed by atoms with Crippen LogP contribution in [0.4, 0.5) is 0 Å². The van der Waals surface area contributed by atoms with Gasteiger partial charge < -0.3 is 19.7 Å². The number of ether oxygens (including phenoxy) is 2. The van der Waals surface area contributed by atoms with Crippen molar-refractivity contribution in [2.75, 3.05) is 13.2 Å². The Kier molecular flexibility index (Phi) is 8.60. The van der Waals surface area contributed by atoms with Gasteiger partial charge in [-0.3, -0.25) is 0 Å². The van der Waals surface area contributed by atoms with Gasteiger partial charge in [-0.05, 0) is 57.9 Å². The molecule has 0 aliphatic rings. The van der Waals surface area contributed by atoms with E-state index in [9.17, 15) is 15.0 Å². The summed E-state index contributed by atoms with van der Waals surface area (Å²) in [7, 11) is 0. The van der Waals surface area contributed by atoms with Gasteiger partial charge in [0.05, 0.1) is 12.2 Å². The van der Waals surface area contributed by atoms with E-state index in [0.717, 1.165) is 33.4 Å². The quantitative estimate of drug-likeness (QED) is 0.207. The monoisotopic (exact) mass is 539 g/mol. The SMILES string of the molecule is C=C(C)C(=O)OC(CO)COc1ccc(-c2nc(-c3ccc(C)cc3C)nc(-c3ccc(C)cc3C)n2)c(O)c1. The second-order valence-corrected chi connectivity index (χ2v) is 9.92. The summed E-state index contributed by atoms with van der Waals surface area (Å²) < 4.78 is 10.8. The first kappa shape index (κ1) is 28.4. The number of rotatable bonds is 9. The summed E-state index contributed by atoms with van der Waals surface area (Å²) in [5, 5.41) is 20.5. The van der Waals surface area contributed by atoms with Gasteiger partial charge in [0.1, 0.15) is 18.1 Å². The molecule has 8 heteroatoms. The molecule has 4 rings (SSSR count). The van der Waals surface area contributed by atoms with Gasteiger partial charge in [-0.2, -0.15) is 0 Å². The lowest BCUT2D eigenvalue weighted by Gasteiger charge is -2.17. The van der Waals surface area contributed by atoms with Gasteiger partial charge in [0, 0.05) is 22.8 Å². The number of nitrogens with zero attached hydrogens (tertiary/aromatic N) is 3. The van der Waals surface area contributed by atoms with Gasteiger partial charge in [0.15, 0.2) is 23.6 Å². The minimum Gasteiger partial charge on any atom is -0.507 e. The van der Waals surface area contributed by atoms with Gasteiger partial charge in [0.2, 0.25) is 0 Å². The normalized spacial score (nSPS) is 11.7. The molecule has 8 nitrogen and oxygen atoms in total. The van der Waals surface area contributed by atoms with Gasteiger partial charge >= 0.3 is 5.97 Å². The maximum atomic E-state index is 11.8. The van der Waals surface area contributed by atoms with Crippen LogP contribution < -0.4 is 4.74 Å². The van der Waals surface area contributed by atoms with Crippen molar-refractivity contribution < 1.29 is 24.5 Å². The van der Waals surface area contributed by atoms with Crippen molar-refractivity contribution in [1.29, 1.82) is 0 Å². The molecule has 1 atom stereocenters. The summed E-state index contributed by atoms with van der Waals surface area (Å²) >= 11 is 0. The molecule has 0 bridgehead atoms. The Labute approximate surface area is 234 Å². The Bertz CT molecular complexity index is 1510. The number of aromatic hydroxyl groups is 1. The third-order valence-electron chi connectivity index (χ3n) is 6.35. The highest BCUT2D eigenvalue weighted by Crippen LogP contribution is 2.34. The van der Waals surface area contributed by atoms with Crippen LogP contribution >= 0.6 is 0 Å². The van der Waals surface area contributed by atoms with Crippen molar-refractivity contribution >= 4 is 5.97 Å². The second kappa shape index (κ2) is 12.1. The number of aromatic nitrogens is 3. The predicted molar refractivity (Wildman–Crippen MR) is 154 cm³/mol. The molecule has 3 aromatic carbocycles. The Hall–Kier alpha value is -4.56. The summed E-state index contributed by atoms with van der Waals surface area (Å²) in [6.07, 6.45) is -0.879. The smallest absolute Gasteiger partial charge is 0.333 e. The van der Waals surface area contributed by atoms with E-state index in [1.807, 2.05) is 52.0 Å². The van der Waals surface area contributed by atoms with E-state index in [0.29, 0.717) is 28.8 Å². The predicted octanol–water partition coefficient (Wildman–Crippen LogP) is 5.67. The number of phenols is 1. The van der Waals surface area contributed by atoms with Crippen LogP contribution in [0, 0.1) is 27.7 Å². The maximum absolute atomic E-state index is 11.8. The van der Waals surface area contributed by atoms with Gasteiger partial charge in [-0.1, -0.05) is 54.1 Å². The molecular formula is C32H33N3O5. The van der Waals surface area contributed by atoms with Crippen LogP contribution in [0.2, 0.25) is 0 Å². The van der Waals surface area contributed by atoms with Gasteiger partial charge in [0.25, 0.3) is 0 Å². The van der Waals surface area contributed by atoms with Crippen LogP contribution in [0.3, 0.4) is 0 Å². The van der Waals surface area contributed by atoms with Gasteiger partial charge in [-0.15, -0.1) is 0 Å². The number of aliphatic hydroxyl groups excluding tert-OH is 1. The van der Waals surface area contributed by atoms with E-state index < -0.39 is 18.7 Å². The molecule has 40 heavy (non-hydrogen) atoms.